The Morgan fingerprint density at radius 3 is 2.69 bits per heavy atom. The van der Waals surface area contributed by atoms with Crippen LogP contribution in [0.4, 0.5) is 0 Å². The maximum atomic E-state index is 9.42. The third-order valence-electron chi connectivity index (χ3n) is 3.69. The average molecular weight is 215 g/mol. The molecule has 0 aromatic heterocycles. The lowest BCUT2D eigenvalue weighted by molar-refractivity contribution is 0.187. The van der Waals surface area contributed by atoms with Gasteiger partial charge in [0.2, 0.25) is 0 Å². The molecule has 1 aliphatic rings. The van der Waals surface area contributed by atoms with Crippen molar-refractivity contribution >= 4 is 0 Å². The molecule has 0 radical (unpaired) electrons. The van der Waals surface area contributed by atoms with Gasteiger partial charge in [0.25, 0.3) is 0 Å². The first-order valence-electron chi connectivity index (χ1n) is 5.80. The highest BCUT2D eigenvalue weighted by molar-refractivity contribution is 5.45. The largest absolute Gasteiger partial charge is 0.496 e. The van der Waals surface area contributed by atoms with Crippen LogP contribution in [0, 0.1) is 17.2 Å². The summed E-state index contributed by atoms with van der Waals surface area (Å²) in [6.45, 7) is 2.19. The summed E-state index contributed by atoms with van der Waals surface area (Å²) >= 11 is 0. The van der Waals surface area contributed by atoms with E-state index in [1.165, 1.54) is 6.42 Å². The van der Waals surface area contributed by atoms with Gasteiger partial charge in [-0.1, -0.05) is 31.5 Å². The normalized spacial score (nSPS) is 27.9. The molecule has 2 heteroatoms. The average Bonchev–Trinajstić information content (AvgIpc) is 2.29. The van der Waals surface area contributed by atoms with Gasteiger partial charge >= 0.3 is 0 Å². The third kappa shape index (κ3) is 1.57. The number of rotatable bonds is 3. The van der Waals surface area contributed by atoms with Crippen molar-refractivity contribution in [2.75, 3.05) is 7.11 Å². The van der Waals surface area contributed by atoms with Gasteiger partial charge < -0.3 is 4.74 Å². The van der Waals surface area contributed by atoms with Crippen molar-refractivity contribution in [3.05, 3.63) is 29.8 Å². The first-order chi connectivity index (χ1) is 7.75. The lowest BCUT2D eigenvalue weighted by atomic mass is 9.58. The Hall–Kier alpha value is -1.49. The molecular weight excluding hydrogens is 198 g/mol. The van der Waals surface area contributed by atoms with Crippen molar-refractivity contribution in [1.82, 2.24) is 0 Å². The fourth-order valence-electron chi connectivity index (χ4n) is 2.63. The van der Waals surface area contributed by atoms with Crippen molar-refractivity contribution in [2.24, 2.45) is 5.92 Å². The van der Waals surface area contributed by atoms with E-state index in [0.29, 0.717) is 5.92 Å². The minimum Gasteiger partial charge on any atom is -0.496 e. The molecule has 16 heavy (non-hydrogen) atoms. The van der Waals surface area contributed by atoms with Crippen LogP contribution >= 0.6 is 0 Å². The lowest BCUT2D eigenvalue weighted by Crippen LogP contribution is -2.40. The molecule has 0 saturated heterocycles. The molecule has 84 valence electrons. The van der Waals surface area contributed by atoms with Gasteiger partial charge in [-0.2, -0.15) is 5.26 Å². The fourth-order valence-corrected chi connectivity index (χ4v) is 2.63. The van der Waals surface area contributed by atoms with Crippen LogP contribution in [0.2, 0.25) is 0 Å². The summed E-state index contributed by atoms with van der Waals surface area (Å²) in [6.07, 6.45) is 3.11. The zero-order valence-electron chi connectivity index (χ0n) is 9.86. The number of benzene rings is 1. The van der Waals surface area contributed by atoms with E-state index in [-0.39, 0.29) is 5.41 Å². The van der Waals surface area contributed by atoms with E-state index in [2.05, 4.69) is 13.0 Å². The maximum absolute atomic E-state index is 9.42. The molecule has 2 rings (SSSR count). The Morgan fingerprint density at radius 1 is 1.44 bits per heavy atom. The number of hydrogen-bond acceptors (Lipinski definition) is 2. The summed E-state index contributed by atoms with van der Waals surface area (Å²) in [5.74, 6) is 1.54. The molecule has 0 amide bonds. The molecule has 0 bridgehead atoms. The highest BCUT2D eigenvalue weighted by Crippen LogP contribution is 2.51. The Kier molecular flexibility index (Phi) is 2.87. The van der Waals surface area contributed by atoms with Gasteiger partial charge in [-0.15, -0.1) is 0 Å². The van der Waals surface area contributed by atoms with Gasteiger partial charge in [0.15, 0.2) is 0 Å². The van der Waals surface area contributed by atoms with Gasteiger partial charge in [0, 0.05) is 5.56 Å². The molecule has 1 saturated carbocycles. The van der Waals surface area contributed by atoms with Gasteiger partial charge in [-0.3, -0.25) is 0 Å². The molecule has 0 spiro atoms. The molecule has 1 aromatic rings. The van der Waals surface area contributed by atoms with Crippen molar-refractivity contribution in [3.8, 4) is 11.8 Å². The molecule has 1 aromatic carbocycles. The van der Waals surface area contributed by atoms with Crippen molar-refractivity contribution in [2.45, 2.75) is 31.6 Å². The van der Waals surface area contributed by atoms with E-state index in [4.69, 9.17) is 4.74 Å². The molecule has 1 fully saturated rings. The van der Waals surface area contributed by atoms with Crippen LogP contribution in [0.5, 0.6) is 5.75 Å². The Morgan fingerprint density at radius 2 is 2.12 bits per heavy atom. The van der Waals surface area contributed by atoms with Gasteiger partial charge in [0.1, 0.15) is 5.75 Å². The second-order valence-electron chi connectivity index (χ2n) is 4.58. The third-order valence-corrected chi connectivity index (χ3v) is 3.69. The smallest absolute Gasteiger partial charge is 0.123 e. The molecular formula is C14H17NO. The summed E-state index contributed by atoms with van der Waals surface area (Å²) in [4.78, 5) is 0. The molecule has 1 aliphatic carbocycles. The lowest BCUT2D eigenvalue weighted by Gasteiger charge is -2.43. The van der Waals surface area contributed by atoms with Gasteiger partial charge in [-0.25, -0.2) is 0 Å². The fraction of sp³-hybridized carbons (Fsp3) is 0.500. The van der Waals surface area contributed by atoms with E-state index >= 15 is 0 Å². The standard InChI is InChI=1S/C14H17NO/c1-3-11-8-14(9-11,10-15)12-6-4-5-7-13(12)16-2/h4-7,11H,3,8-9H2,1-2H3/t11-,14-. The van der Waals surface area contributed by atoms with Crippen molar-refractivity contribution in [3.63, 3.8) is 0 Å². The highest BCUT2D eigenvalue weighted by atomic mass is 16.5. The zero-order chi connectivity index (χ0) is 11.6. The number of para-hydroxylation sites is 1. The summed E-state index contributed by atoms with van der Waals surface area (Å²) < 4.78 is 5.35. The molecule has 0 N–H and O–H groups in total. The van der Waals surface area contributed by atoms with Gasteiger partial charge in [-0.05, 0) is 24.8 Å². The van der Waals surface area contributed by atoms with Crippen LogP contribution in [-0.2, 0) is 5.41 Å². The minimum atomic E-state index is -0.298. The summed E-state index contributed by atoms with van der Waals surface area (Å²) in [7, 11) is 1.67. The second kappa shape index (κ2) is 4.17. The number of hydrogen-bond donors (Lipinski definition) is 0. The number of nitrogens with zero attached hydrogens (tertiary/aromatic N) is 1. The minimum absolute atomic E-state index is 0.298. The van der Waals surface area contributed by atoms with E-state index in [9.17, 15) is 5.26 Å². The highest BCUT2D eigenvalue weighted by Gasteiger charge is 2.46. The monoisotopic (exact) mass is 215 g/mol. The number of ether oxygens (including phenoxy) is 1. The second-order valence-corrected chi connectivity index (χ2v) is 4.58. The Bertz CT molecular complexity index is 413. The summed E-state index contributed by atoms with van der Waals surface area (Å²) in [6, 6.07) is 10.4. The maximum Gasteiger partial charge on any atom is 0.123 e. The van der Waals surface area contributed by atoms with E-state index in [1.807, 2.05) is 24.3 Å². The van der Waals surface area contributed by atoms with Crippen LogP contribution in [0.1, 0.15) is 31.7 Å². The van der Waals surface area contributed by atoms with Crippen LogP contribution in [0.25, 0.3) is 0 Å². The Balaban J connectivity index is 2.33. The zero-order valence-corrected chi connectivity index (χ0v) is 9.86. The van der Waals surface area contributed by atoms with Crippen LogP contribution in [0.15, 0.2) is 24.3 Å². The molecule has 0 atom stereocenters. The number of nitriles is 1. The molecule has 0 unspecified atom stereocenters. The summed E-state index contributed by atoms with van der Waals surface area (Å²) in [5.41, 5.74) is 0.762. The van der Waals surface area contributed by atoms with E-state index in [1.54, 1.807) is 7.11 Å². The van der Waals surface area contributed by atoms with Crippen molar-refractivity contribution < 1.29 is 4.74 Å². The Labute approximate surface area is 96.9 Å². The van der Waals surface area contributed by atoms with Crippen LogP contribution in [-0.4, -0.2) is 7.11 Å². The first-order valence-corrected chi connectivity index (χ1v) is 5.80. The SMILES string of the molecule is CC[C@H]1C[C@](C#N)(c2ccccc2OC)C1. The number of methoxy groups -OCH3 is 1. The van der Waals surface area contributed by atoms with E-state index < -0.39 is 0 Å². The predicted octanol–water partition coefficient (Wildman–Crippen LogP) is 3.28. The topological polar surface area (TPSA) is 33.0 Å². The van der Waals surface area contributed by atoms with Gasteiger partial charge in [0.05, 0.1) is 18.6 Å². The molecule has 0 heterocycles. The van der Waals surface area contributed by atoms with Crippen molar-refractivity contribution in [1.29, 1.82) is 5.26 Å². The van der Waals surface area contributed by atoms with Crippen LogP contribution < -0.4 is 4.74 Å². The predicted molar refractivity (Wildman–Crippen MR) is 63.3 cm³/mol. The quantitative estimate of drug-likeness (QED) is 0.775. The molecule has 2 nitrogen and oxygen atoms in total. The van der Waals surface area contributed by atoms with E-state index in [0.717, 1.165) is 24.2 Å². The first kappa shape index (κ1) is 11.0. The van der Waals surface area contributed by atoms with Crippen LogP contribution in [0.3, 0.4) is 0 Å². The summed E-state index contributed by atoms with van der Waals surface area (Å²) in [5, 5.41) is 9.42. The molecule has 0 aliphatic heterocycles.